The Morgan fingerprint density at radius 2 is 2.15 bits per heavy atom. The monoisotopic (exact) mass is 202 g/mol. The van der Waals surface area contributed by atoms with Crippen LogP contribution in [0.15, 0.2) is 15.9 Å². The molecule has 1 N–H and O–H groups in total. The Kier molecular flexibility index (Phi) is 2.51. The van der Waals surface area contributed by atoms with E-state index in [0.29, 0.717) is 0 Å². The minimum absolute atomic E-state index is 0.0479. The van der Waals surface area contributed by atoms with Crippen LogP contribution in [-0.4, -0.2) is 24.4 Å². The molecule has 1 aromatic rings. The molecule has 1 rings (SSSR count). The number of aryl methyl sites for hydroxylation is 1. The molecule has 0 unspecified atom stereocenters. The molecule has 13 heavy (non-hydrogen) atoms. The maximum atomic E-state index is 11.3. The van der Waals surface area contributed by atoms with Crippen LogP contribution in [0.2, 0.25) is 0 Å². The SMILES string of the molecule is CCS(=O)(=O)c1cc(=O)c(C)n[nH]1. The van der Waals surface area contributed by atoms with Crippen LogP contribution in [-0.2, 0) is 9.84 Å². The van der Waals surface area contributed by atoms with Crippen molar-refractivity contribution in [2.24, 2.45) is 0 Å². The van der Waals surface area contributed by atoms with Crippen molar-refractivity contribution in [1.82, 2.24) is 10.2 Å². The Morgan fingerprint density at radius 1 is 1.54 bits per heavy atom. The van der Waals surface area contributed by atoms with Gasteiger partial charge in [-0.15, -0.1) is 0 Å². The van der Waals surface area contributed by atoms with Gasteiger partial charge in [-0.3, -0.25) is 9.89 Å². The molecule has 1 aromatic heterocycles. The van der Waals surface area contributed by atoms with Gasteiger partial charge < -0.3 is 0 Å². The first-order chi connectivity index (χ1) is 5.97. The Bertz CT molecular complexity index is 461. The fraction of sp³-hybridized carbons (Fsp3) is 0.429. The van der Waals surface area contributed by atoms with Crippen LogP contribution < -0.4 is 5.43 Å². The second-order valence-electron chi connectivity index (χ2n) is 2.59. The number of sulfone groups is 1. The third-order valence-corrected chi connectivity index (χ3v) is 3.31. The highest BCUT2D eigenvalue weighted by molar-refractivity contribution is 7.91. The van der Waals surface area contributed by atoms with Gasteiger partial charge in [-0.25, -0.2) is 8.42 Å². The maximum Gasteiger partial charge on any atom is 0.204 e. The first kappa shape index (κ1) is 9.91. The van der Waals surface area contributed by atoms with Crippen LogP contribution in [0.25, 0.3) is 0 Å². The molecular weight excluding hydrogens is 192 g/mol. The normalized spacial score (nSPS) is 11.5. The molecule has 0 spiro atoms. The topological polar surface area (TPSA) is 79.9 Å². The number of nitrogens with zero attached hydrogens (tertiary/aromatic N) is 1. The first-order valence-corrected chi connectivity index (χ1v) is 5.41. The lowest BCUT2D eigenvalue weighted by Gasteiger charge is -1.99. The van der Waals surface area contributed by atoms with Gasteiger partial charge in [0.2, 0.25) is 5.43 Å². The second-order valence-corrected chi connectivity index (χ2v) is 4.83. The predicted octanol–water partition coefficient (Wildman–Crippen LogP) is -0.128. The summed E-state index contributed by atoms with van der Waals surface area (Å²) in [6.45, 7) is 3.02. The number of hydrogen-bond donors (Lipinski definition) is 1. The van der Waals surface area contributed by atoms with E-state index in [1.807, 2.05) is 0 Å². The highest BCUT2D eigenvalue weighted by Gasteiger charge is 2.13. The summed E-state index contributed by atoms with van der Waals surface area (Å²) in [5.41, 5.74) is -0.110. The third kappa shape index (κ3) is 1.95. The number of aromatic nitrogens is 2. The number of nitrogens with one attached hydrogen (secondary N) is 1. The molecule has 0 saturated heterocycles. The van der Waals surface area contributed by atoms with Crippen molar-refractivity contribution in [2.45, 2.75) is 18.9 Å². The van der Waals surface area contributed by atoms with Gasteiger partial charge in [0.05, 0.1) is 5.75 Å². The molecular formula is C7H10N2O3S. The molecule has 0 aliphatic rings. The van der Waals surface area contributed by atoms with E-state index in [-0.39, 0.29) is 21.9 Å². The summed E-state index contributed by atoms with van der Waals surface area (Å²) in [6.07, 6.45) is 0. The van der Waals surface area contributed by atoms with Crippen molar-refractivity contribution < 1.29 is 8.42 Å². The minimum Gasteiger partial charge on any atom is -0.288 e. The summed E-state index contributed by atoms with van der Waals surface area (Å²) in [5.74, 6) is -0.0479. The van der Waals surface area contributed by atoms with E-state index in [4.69, 9.17) is 0 Å². The van der Waals surface area contributed by atoms with Crippen LogP contribution in [0, 0.1) is 6.92 Å². The molecule has 0 radical (unpaired) electrons. The first-order valence-electron chi connectivity index (χ1n) is 3.76. The highest BCUT2D eigenvalue weighted by Crippen LogP contribution is 2.02. The van der Waals surface area contributed by atoms with Gasteiger partial charge in [0.25, 0.3) is 0 Å². The average Bonchev–Trinajstić information content (AvgIpc) is 2.09. The van der Waals surface area contributed by atoms with Crippen LogP contribution in [0.4, 0.5) is 0 Å². The smallest absolute Gasteiger partial charge is 0.204 e. The molecule has 0 saturated carbocycles. The molecule has 1 heterocycles. The largest absolute Gasteiger partial charge is 0.288 e. The van der Waals surface area contributed by atoms with E-state index in [9.17, 15) is 13.2 Å². The van der Waals surface area contributed by atoms with Crippen molar-refractivity contribution >= 4 is 9.84 Å². The summed E-state index contributed by atoms with van der Waals surface area (Å²) in [4.78, 5) is 11.1. The van der Waals surface area contributed by atoms with Crippen molar-refractivity contribution in [1.29, 1.82) is 0 Å². The van der Waals surface area contributed by atoms with Gasteiger partial charge in [0.1, 0.15) is 5.69 Å². The third-order valence-electron chi connectivity index (χ3n) is 1.67. The lowest BCUT2D eigenvalue weighted by molar-refractivity contribution is 0.590. The van der Waals surface area contributed by atoms with Gasteiger partial charge in [-0.1, -0.05) is 6.92 Å². The van der Waals surface area contributed by atoms with Crippen molar-refractivity contribution in [3.8, 4) is 0 Å². The van der Waals surface area contributed by atoms with Crippen molar-refractivity contribution in [3.05, 3.63) is 22.0 Å². The number of hydrogen-bond acceptors (Lipinski definition) is 4. The summed E-state index contributed by atoms with van der Waals surface area (Å²) < 4.78 is 22.5. The summed E-state index contributed by atoms with van der Waals surface area (Å²) in [6, 6.07) is 1.06. The number of aromatic amines is 1. The van der Waals surface area contributed by atoms with Crippen LogP contribution in [0.3, 0.4) is 0 Å². The second kappa shape index (κ2) is 3.29. The Balaban J connectivity index is 3.36. The summed E-state index contributed by atoms with van der Waals surface area (Å²) in [7, 11) is -3.36. The predicted molar refractivity (Wildman–Crippen MR) is 47.3 cm³/mol. The van der Waals surface area contributed by atoms with E-state index in [2.05, 4.69) is 10.2 Å². The van der Waals surface area contributed by atoms with Gasteiger partial charge in [-0.05, 0) is 6.92 Å². The zero-order valence-electron chi connectivity index (χ0n) is 7.36. The fourth-order valence-corrected chi connectivity index (χ4v) is 1.55. The average molecular weight is 202 g/mol. The zero-order valence-corrected chi connectivity index (χ0v) is 8.18. The van der Waals surface area contributed by atoms with E-state index in [1.54, 1.807) is 0 Å². The Hall–Kier alpha value is -1.17. The molecule has 5 nitrogen and oxygen atoms in total. The van der Waals surface area contributed by atoms with E-state index in [0.717, 1.165) is 6.07 Å². The lowest BCUT2D eigenvalue weighted by Crippen LogP contribution is -2.15. The number of H-pyrrole nitrogens is 1. The van der Waals surface area contributed by atoms with Crippen molar-refractivity contribution in [3.63, 3.8) is 0 Å². The quantitative estimate of drug-likeness (QED) is 0.724. The van der Waals surface area contributed by atoms with E-state index in [1.165, 1.54) is 13.8 Å². The summed E-state index contributed by atoms with van der Waals surface area (Å²) in [5, 5.41) is 5.79. The fourth-order valence-electron chi connectivity index (χ4n) is 0.765. The van der Waals surface area contributed by atoms with Gasteiger partial charge in [-0.2, -0.15) is 5.10 Å². The summed E-state index contributed by atoms with van der Waals surface area (Å²) >= 11 is 0. The van der Waals surface area contributed by atoms with Crippen LogP contribution in [0.5, 0.6) is 0 Å². The number of rotatable bonds is 2. The molecule has 0 fully saturated rings. The van der Waals surface area contributed by atoms with Crippen LogP contribution >= 0.6 is 0 Å². The van der Waals surface area contributed by atoms with Crippen molar-refractivity contribution in [2.75, 3.05) is 5.75 Å². The highest BCUT2D eigenvalue weighted by atomic mass is 32.2. The zero-order chi connectivity index (χ0) is 10.1. The Labute approximate surface area is 75.7 Å². The molecule has 72 valence electrons. The van der Waals surface area contributed by atoms with Gasteiger partial charge in [0.15, 0.2) is 14.9 Å². The van der Waals surface area contributed by atoms with Crippen LogP contribution in [0.1, 0.15) is 12.6 Å². The molecule has 0 aliphatic heterocycles. The lowest BCUT2D eigenvalue weighted by atomic mass is 10.4. The molecule has 0 aliphatic carbocycles. The standard InChI is InChI=1S/C7H10N2O3S/c1-3-13(11,12)7-4-6(10)5(2)8-9-7/h4H,3H2,1-2H3,(H,9,10). The Morgan fingerprint density at radius 3 is 2.62 bits per heavy atom. The van der Waals surface area contributed by atoms with E-state index >= 15 is 0 Å². The molecule has 0 atom stereocenters. The molecule has 0 aromatic carbocycles. The molecule has 0 bridgehead atoms. The molecule has 6 heteroatoms. The maximum absolute atomic E-state index is 11.3. The van der Waals surface area contributed by atoms with Gasteiger partial charge in [0, 0.05) is 6.07 Å². The van der Waals surface area contributed by atoms with Gasteiger partial charge >= 0.3 is 0 Å². The minimum atomic E-state index is -3.36. The van der Waals surface area contributed by atoms with E-state index < -0.39 is 9.84 Å². The molecule has 0 amide bonds.